The highest BCUT2D eigenvalue weighted by atomic mass is 35.5. The Morgan fingerprint density at radius 3 is 2.85 bits per heavy atom. The molecule has 3 heteroatoms. The van der Waals surface area contributed by atoms with Crippen LogP contribution in [0.25, 0.3) is 10.9 Å². The molecule has 0 saturated heterocycles. The lowest BCUT2D eigenvalue weighted by Crippen LogP contribution is -1.84. The Balaban J connectivity index is 2.72. The van der Waals surface area contributed by atoms with E-state index in [1.807, 2.05) is 25.1 Å². The van der Waals surface area contributed by atoms with Gasteiger partial charge in [-0.1, -0.05) is 11.6 Å². The van der Waals surface area contributed by atoms with Crippen LogP contribution in [0.15, 0.2) is 18.2 Å². The van der Waals surface area contributed by atoms with Crippen molar-refractivity contribution in [2.45, 2.75) is 13.5 Å². The van der Waals surface area contributed by atoms with Crippen LogP contribution in [0.5, 0.6) is 0 Å². The van der Waals surface area contributed by atoms with Crippen LogP contribution in [0.3, 0.4) is 0 Å². The summed E-state index contributed by atoms with van der Waals surface area (Å²) in [6.45, 7) is 1.97. The summed E-state index contributed by atoms with van der Waals surface area (Å²) in [5.41, 5.74) is 2.88. The first-order valence-corrected chi connectivity index (χ1v) is 4.47. The Hall–Kier alpha value is -0.990. The van der Waals surface area contributed by atoms with E-state index in [-0.39, 0.29) is 6.61 Å². The standard InChI is InChI=1S/C10H10ClNO/c1-6-2-7-3-9(11)8(5-13)4-10(7)12-6/h2-4,12-13H,5H2,1H3. The second-order valence-electron chi connectivity index (χ2n) is 3.14. The van der Waals surface area contributed by atoms with Crippen molar-refractivity contribution in [1.82, 2.24) is 4.98 Å². The molecule has 2 nitrogen and oxygen atoms in total. The van der Waals surface area contributed by atoms with Crippen LogP contribution < -0.4 is 0 Å². The van der Waals surface area contributed by atoms with E-state index in [0.717, 1.165) is 22.2 Å². The maximum absolute atomic E-state index is 8.99. The SMILES string of the molecule is Cc1cc2cc(Cl)c(CO)cc2[nH]1. The van der Waals surface area contributed by atoms with Crippen LogP contribution in [0.2, 0.25) is 5.02 Å². The van der Waals surface area contributed by atoms with Gasteiger partial charge in [-0.05, 0) is 30.7 Å². The lowest BCUT2D eigenvalue weighted by atomic mass is 10.2. The van der Waals surface area contributed by atoms with Gasteiger partial charge in [0, 0.05) is 21.6 Å². The normalized spacial score (nSPS) is 11.0. The highest BCUT2D eigenvalue weighted by Crippen LogP contribution is 2.24. The average Bonchev–Trinajstić information content (AvgIpc) is 2.42. The van der Waals surface area contributed by atoms with Crippen molar-refractivity contribution >= 4 is 22.5 Å². The second kappa shape index (κ2) is 3.05. The van der Waals surface area contributed by atoms with Gasteiger partial charge >= 0.3 is 0 Å². The molecular weight excluding hydrogens is 186 g/mol. The summed E-state index contributed by atoms with van der Waals surface area (Å²) in [4.78, 5) is 3.19. The molecule has 0 radical (unpaired) electrons. The summed E-state index contributed by atoms with van der Waals surface area (Å²) in [6, 6.07) is 5.78. The minimum absolute atomic E-state index is 0.0210. The van der Waals surface area contributed by atoms with E-state index in [1.54, 1.807) is 0 Å². The number of H-pyrrole nitrogens is 1. The number of aromatic nitrogens is 1. The number of aryl methyl sites for hydroxylation is 1. The number of aliphatic hydroxyl groups is 1. The maximum Gasteiger partial charge on any atom is 0.0697 e. The molecular formula is C10H10ClNO. The molecule has 1 heterocycles. The number of nitrogens with one attached hydrogen (secondary N) is 1. The van der Waals surface area contributed by atoms with Gasteiger partial charge < -0.3 is 10.1 Å². The molecule has 0 unspecified atom stereocenters. The molecule has 2 aromatic rings. The zero-order chi connectivity index (χ0) is 9.42. The zero-order valence-electron chi connectivity index (χ0n) is 7.26. The van der Waals surface area contributed by atoms with Crippen molar-refractivity contribution in [3.63, 3.8) is 0 Å². The van der Waals surface area contributed by atoms with Crippen molar-refractivity contribution in [2.24, 2.45) is 0 Å². The molecule has 0 aliphatic carbocycles. The first-order chi connectivity index (χ1) is 6.20. The van der Waals surface area contributed by atoms with Crippen molar-refractivity contribution in [2.75, 3.05) is 0 Å². The highest BCUT2D eigenvalue weighted by molar-refractivity contribution is 6.32. The van der Waals surface area contributed by atoms with Gasteiger partial charge in [-0.25, -0.2) is 0 Å². The van der Waals surface area contributed by atoms with E-state index in [2.05, 4.69) is 4.98 Å². The number of benzene rings is 1. The number of aliphatic hydroxyl groups excluding tert-OH is 1. The molecule has 0 atom stereocenters. The summed E-state index contributed by atoms with van der Waals surface area (Å²) >= 11 is 5.94. The van der Waals surface area contributed by atoms with Crippen LogP contribution in [-0.4, -0.2) is 10.1 Å². The lowest BCUT2D eigenvalue weighted by molar-refractivity contribution is 0.282. The number of hydrogen-bond donors (Lipinski definition) is 2. The number of fused-ring (bicyclic) bond motifs is 1. The molecule has 0 bridgehead atoms. The van der Waals surface area contributed by atoms with E-state index in [0.29, 0.717) is 5.02 Å². The van der Waals surface area contributed by atoms with Crippen molar-refractivity contribution in [3.05, 3.63) is 34.5 Å². The van der Waals surface area contributed by atoms with Gasteiger partial charge in [-0.3, -0.25) is 0 Å². The minimum atomic E-state index is -0.0210. The van der Waals surface area contributed by atoms with Gasteiger partial charge in [0.15, 0.2) is 0 Å². The van der Waals surface area contributed by atoms with Crippen molar-refractivity contribution in [3.8, 4) is 0 Å². The Bertz CT molecular complexity index is 447. The smallest absolute Gasteiger partial charge is 0.0697 e. The van der Waals surface area contributed by atoms with E-state index >= 15 is 0 Å². The van der Waals surface area contributed by atoms with Gasteiger partial charge in [0.25, 0.3) is 0 Å². The van der Waals surface area contributed by atoms with Gasteiger partial charge in [0.05, 0.1) is 6.61 Å². The maximum atomic E-state index is 8.99. The van der Waals surface area contributed by atoms with Crippen LogP contribution in [-0.2, 0) is 6.61 Å². The van der Waals surface area contributed by atoms with E-state index in [4.69, 9.17) is 16.7 Å². The number of halogens is 1. The van der Waals surface area contributed by atoms with Crippen LogP contribution >= 0.6 is 11.6 Å². The number of hydrogen-bond acceptors (Lipinski definition) is 1. The molecule has 1 aromatic carbocycles. The first kappa shape index (κ1) is 8.60. The Morgan fingerprint density at radius 2 is 2.15 bits per heavy atom. The number of rotatable bonds is 1. The third-order valence-electron chi connectivity index (χ3n) is 2.09. The fraction of sp³-hybridized carbons (Fsp3) is 0.200. The van der Waals surface area contributed by atoms with Crippen LogP contribution in [0.4, 0.5) is 0 Å². The first-order valence-electron chi connectivity index (χ1n) is 4.09. The summed E-state index contributed by atoms with van der Waals surface area (Å²) in [5.74, 6) is 0. The molecule has 0 spiro atoms. The summed E-state index contributed by atoms with van der Waals surface area (Å²) < 4.78 is 0. The van der Waals surface area contributed by atoms with E-state index < -0.39 is 0 Å². The quantitative estimate of drug-likeness (QED) is 0.721. The molecule has 0 saturated carbocycles. The monoisotopic (exact) mass is 195 g/mol. The van der Waals surface area contributed by atoms with E-state index in [1.165, 1.54) is 0 Å². The third-order valence-corrected chi connectivity index (χ3v) is 2.44. The molecule has 0 amide bonds. The summed E-state index contributed by atoms with van der Waals surface area (Å²) in [5, 5.41) is 10.7. The van der Waals surface area contributed by atoms with Crippen molar-refractivity contribution in [1.29, 1.82) is 0 Å². The second-order valence-corrected chi connectivity index (χ2v) is 3.55. The van der Waals surface area contributed by atoms with Gasteiger partial charge in [-0.15, -0.1) is 0 Å². The van der Waals surface area contributed by atoms with Gasteiger partial charge in [-0.2, -0.15) is 0 Å². The largest absolute Gasteiger partial charge is 0.392 e. The molecule has 0 aliphatic heterocycles. The minimum Gasteiger partial charge on any atom is -0.392 e. The average molecular weight is 196 g/mol. The van der Waals surface area contributed by atoms with Gasteiger partial charge in [0.1, 0.15) is 0 Å². The summed E-state index contributed by atoms with van der Waals surface area (Å²) in [6.07, 6.45) is 0. The molecule has 0 fully saturated rings. The topological polar surface area (TPSA) is 36.0 Å². The Morgan fingerprint density at radius 1 is 1.38 bits per heavy atom. The van der Waals surface area contributed by atoms with E-state index in [9.17, 15) is 0 Å². The predicted octanol–water partition coefficient (Wildman–Crippen LogP) is 2.62. The summed E-state index contributed by atoms with van der Waals surface area (Å²) in [7, 11) is 0. The van der Waals surface area contributed by atoms with Crippen molar-refractivity contribution < 1.29 is 5.11 Å². The van der Waals surface area contributed by atoms with Crippen LogP contribution in [0, 0.1) is 6.92 Å². The van der Waals surface area contributed by atoms with Crippen LogP contribution in [0.1, 0.15) is 11.3 Å². The molecule has 2 N–H and O–H groups in total. The number of aromatic amines is 1. The Kier molecular flexibility index (Phi) is 2.02. The fourth-order valence-electron chi connectivity index (χ4n) is 1.46. The molecule has 0 aliphatic rings. The van der Waals surface area contributed by atoms with Gasteiger partial charge in [0.2, 0.25) is 0 Å². The molecule has 13 heavy (non-hydrogen) atoms. The fourth-order valence-corrected chi connectivity index (χ4v) is 1.70. The predicted molar refractivity (Wildman–Crippen MR) is 54.0 cm³/mol. The lowest BCUT2D eigenvalue weighted by Gasteiger charge is -1.99. The molecule has 1 aromatic heterocycles. The molecule has 2 rings (SSSR count). The Labute approximate surface area is 81.1 Å². The highest BCUT2D eigenvalue weighted by Gasteiger charge is 2.03. The molecule has 68 valence electrons. The zero-order valence-corrected chi connectivity index (χ0v) is 8.02. The third kappa shape index (κ3) is 1.43.